The van der Waals surface area contributed by atoms with Crippen LogP contribution >= 0.6 is 11.6 Å². The number of hydrogen-bond acceptors (Lipinski definition) is 6. The molecule has 0 spiro atoms. The Hall–Kier alpha value is -2.49. The highest BCUT2D eigenvalue weighted by Crippen LogP contribution is 2.34. The van der Waals surface area contributed by atoms with Crippen molar-refractivity contribution in [1.82, 2.24) is 0 Å². The largest absolute Gasteiger partial charge is 0.482 e. The molecule has 2 heterocycles. The molecule has 0 aliphatic carbocycles. The van der Waals surface area contributed by atoms with Crippen molar-refractivity contribution >= 4 is 44.6 Å². The standard InChI is InChI=1S/C18H18ClN3O5S/c19-12-1-3-16(22-5-7-26-8-6-22)14(9-12)21-28(24,25)13-2-4-17-15(10-13)20-18(23)11-27-17/h1-4,9-10,21H,5-8,11H2,(H,20,23). The van der Waals surface area contributed by atoms with E-state index in [1.807, 2.05) is 4.90 Å². The van der Waals surface area contributed by atoms with Gasteiger partial charge in [-0.15, -0.1) is 0 Å². The van der Waals surface area contributed by atoms with Crippen LogP contribution in [0.4, 0.5) is 17.1 Å². The molecule has 2 N–H and O–H groups in total. The lowest BCUT2D eigenvalue weighted by Crippen LogP contribution is -2.36. The number of carbonyl (C=O) groups is 1. The first-order valence-electron chi connectivity index (χ1n) is 8.64. The molecule has 2 aliphatic rings. The maximum absolute atomic E-state index is 13.0. The molecule has 0 unspecified atom stereocenters. The molecule has 2 aliphatic heterocycles. The maximum Gasteiger partial charge on any atom is 0.262 e. The number of fused-ring (bicyclic) bond motifs is 1. The van der Waals surface area contributed by atoms with Gasteiger partial charge in [-0.05, 0) is 36.4 Å². The van der Waals surface area contributed by atoms with Gasteiger partial charge in [0.05, 0.1) is 35.2 Å². The average Bonchev–Trinajstić information content (AvgIpc) is 2.68. The van der Waals surface area contributed by atoms with Gasteiger partial charge in [0.25, 0.3) is 15.9 Å². The van der Waals surface area contributed by atoms with Crippen LogP contribution in [0.1, 0.15) is 0 Å². The van der Waals surface area contributed by atoms with Crippen LogP contribution in [0.15, 0.2) is 41.3 Å². The van der Waals surface area contributed by atoms with Gasteiger partial charge < -0.3 is 19.7 Å². The Kier molecular flexibility index (Phi) is 5.05. The van der Waals surface area contributed by atoms with Crippen LogP contribution in [-0.4, -0.2) is 47.2 Å². The Morgan fingerprint density at radius 3 is 2.68 bits per heavy atom. The summed E-state index contributed by atoms with van der Waals surface area (Å²) in [6, 6.07) is 9.39. The van der Waals surface area contributed by atoms with Gasteiger partial charge in [0, 0.05) is 18.1 Å². The molecule has 2 aromatic carbocycles. The number of amides is 1. The number of morpholine rings is 1. The van der Waals surface area contributed by atoms with E-state index in [1.54, 1.807) is 18.2 Å². The van der Waals surface area contributed by atoms with E-state index in [-0.39, 0.29) is 17.4 Å². The van der Waals surface area contributed by atoms with Gasteiger partial charge >= 0.3 is 0 Å². The zero-order chi connectivity index (χ0) is 19.7. The monoisotopic (exact) mass is 423 g/mol. The fraction of sp³-hybridized carbons (Fsp3) is 0.278. The predicted octanol–water partition coefficient (Wildman–Crippen LogP) is 2.31. The Morgan fingerprint density at radius 1 is 1.11 bits per heavy atom. The molecule has 8 nitrogen and oxygen atoms in total. The van der Waals surface area contributed by atoms with Crippen molar-refractivity contribution in [3.05, 3.63) is 41.4 Å². The molecule has 2 aromatic rings. The van der Waals surface area contributed by atoms with Crippen LogP contribution in [0.2, 0.25) is 5.02 Å². The van der Waals surface area contributed by atoms with Crippen molar-refractivity contribution in [1.29, 1.82) is 0 Å². The summed E-state index contributed by atoms with van der Waals surface area (Å²) >= 11 is 6.10. The molecule has 0 atom stereocenters. The van der Waals surface area contributed by atoms with Crippen molar-refractivity contribution in [2.24, 2.45) is 0 Å². The second-order valence-corrected chi connectivity index (χ2v) is 8.48. The van der Waals surface area contributed by atoms with Crippen LogP contribution in [0.25, 0.3) is 0 Å². The molecule has 1 fully saturated rings. The predicted molar refractivity (Wildman–Crippen MR) is 106 cm³/mol. The summed E-state index contributed by atoms with van der Waals surface area (Å²) in [5.74, 6) is 0.0924. The molecule has 148 valence electrons. The van der Waals surface area contributed by atoms with Crippen LogP contribution in [0.5, 0.6) is 5.75 Å². The summed E-state index contributed by atoms with van der Waals surface area (Å²) in [5.41, 5.74) is 1.43. The Morgan fingerprint density at radius 2 is 1.89 bits per heavy atom. The van der Waals surface area contributed by atoms with Crippen molar-refractivity contribution in [3.63, 3.8) is 0 Å². The Balaban J connectivity index is 1.66. The molecule has 0 aromatic heterocycles. The topological polar surface area (TPSA) is 97.0 Å². The lowest BCUT2D eigenvalue weighted by molar-refractivity contribution is -0.118. The number of hydrogen-bond donors (Lipinski definition) is 2. The van der Waals surface area contributed by atoms with Gasteiger partial charge in [0.15, 0.2) is 6.61 Å². The third kappa shape index (κ3) is 3.87. The van der Waals surface area contributed by atoms with E-state index >= 15 is 0 Å². The van der Waals surface area contributed by atoms with E-state index in [1.165, 1.54) is 18.2 Å². The first-order chi connectivity index (χ1) is 13.4. The summed E-state index contributed by atoms with van der Waals surface area (Å²) in [6.07, 6.45) is 0. The summed E-state index contributed by atoms with van der Waals surface area (Å²) in [6.45, 7) is 2.35. The highest BCUT2D eigenvalue weighted by molar-refractivity contribution is 7.92. The second kappa shape index (κ2) is 7.50. The van der Waals surface area contributed by atoms with Gasteiger partial charge in [-0.3, -0.25) is 9.52 Å². The van der Waals surface area contributed by atoms with E-state index < -0.39 is 10.0 Å². The molecule has 0 radical (unpaired) electrons. The summed E-state index contributed by atoms with van der Waals surface area (Å²) in [7, 11) is -3.92. The molecule has 10 heteroatoms. The second-order valence-electron chi connectivity index (χ2n) is 6.36. The molecule has 0 bridgehead atoms. The normalized spacial score (nSPS) is 16.8. The first kappa shape index (κ1) is 18.9. The van der Waals surface area contributed by atoms with Crippen LogP contribution in [-0.2, 0) is 19.6 Å². The van der Waals surface area contributed by atoms with Crippen molar-refractivity contribution < 1.29 is 22.7 Å². The number of carbonyl (C=O) groups excluding carboxylic acids is 1. The zero-order valence-corrected chi connectivity index (χ0v) is 16.3. The number of nitrogens with one attached hydrogen (secondary N) is 2. The van der Waals surface area contributed by atoms with E-state index in [2.05, 4.69) is 10.0 Å². The van der Waals surface area contributed by atoms with Crippen molar-refractivity contribution in [2.75, 3.05) is 47.8 Å². The highest BCUT2D eigenvalue weighted by atomic mass is 35.5. The van der Waals surface area contributed by atoms with E-state index in [0.29, 0.717) is 48.5 Å². The number of rotatable bonds is 4. The lowest BCUT2D eigenvalue weighted by atomic mass is 10.2. The van der Waals surface area contributed by atoms with Crippen LogP contribution < -0.4 is 19.7 Å². The molecular weight excluding hydrogens is 406 g/mol. The molecule has 28 heavy (non-hydrogen) atoms. The van der Waals surface area contributed by atoms with Crippen molar-refractivity contribution in [2.45, 2.75) is 4.90 Å². The Bertz CT molecular complexity index is 1020. The fourth-order valence-corrected chi connectivity index (χ4v) is 4.37. The fourth-order valence-electron chi connectivity index (χ4n) is 3.10. The minimum atomic E-state index is -3.92. The van der Waals surface area contributed by atoms with Crippen LogP contribution in [0, 0.1) is 0 Å². The Labute approximate surface area is 167 Å². The molecular formula is C18H18ClN3O5S. The summed E-state index contributed by atoms with van der Waals surface area (Å²) < 4.78 is 39.2. The van der Waals surface area contributed by atoms with E-state index in [4.69, 9.17) is 21.1 Å². The van der Waals surface area contributed by atoms with Gasteiger partial charge in [-0.2, -0.15) is 0 Å². The van der Waals surface area contributed by atoms with Gasteiger partial charge in [-0.25, -0.2) is 8.42 Å². The van der Waals surface area contributed by atoms with Crippen molar-refractivity contribution in [3.8, 4) is 5.75 Å². The van der Waals surface area contributed by atoms with Gasteiger partial charge in [0.2, 0.25) is 0 Å². The molecule has 1 amide bonds. The number of ether oxygens (including phenoxy) is 2. The number of halogens is 1. The minimum Gasteiger partial charge on any atom is -0.482 e. The number of benzene rings is 2. The molecule has 4 rings (SSSR count). The molecule has 0 saturated carbocycles. The van der Waals surface area contributed by atoms with E-state index in [9.17, 15) is 13.2 Å². The molecule has 1 saturated heterocycles. The van der Waals surface area contributed by atoms with Gasteiger partial charge in [0.1, 0.15) is 5.75 Å². The SMILES string of the molecule is O=C1COc2ccc(S(=O)(=O)Nc3cc(Cl)ccc3N3CCOCC3)cc2N1. The van der Waals surface area contributed by atoms with Gasteiger partial charge in [-0.1, -0.05) is 11.6 Å². The third-order valence-electron chi connectivity index (χ3n) is 4.45. The smallest absolute Gasteiger partial charge is 0.262 e. The third-order valence-corrected chi connectivity index (χ3v) is 6.05. The number of nitrogens with zero attached hydrogens (tertiary/aromatic N) is 1. The maximum atomic E-state index is 13.0. The summed E-state index contributed by atoms with van der Waals surface area (Å²) in [4.78, 5) is 13.5. The quantitative estimate of drug-likeness (QED) is 0.783. The van der Waals surface area contributed by atoms with E-state index in [0.717, 1.165) is 5.69 Å². The highest BCUT2D eigenvalue weighted by Gasteiger charge is 2.23. The number of sulfonamides is 1. The lowest BCUT2D eigenvalue weighted by Gasteiger charge is -2.30. The zero-order valence-electron chi connectivity index (χ0n) is 14.8. The summed E-state index contributed by atoms with van der Waals surface area (Å²) in [5, 5.41) is 3.03. The van der Waals surface area contributed by atoms with Crippen LogP contribution in [0.3, 0.4) is 0 Å². The number of anilines is 3. The average molecular weight is 424 g/mol. The first-order valence-corrected chi connectivity index (χ1v) is 10.5. The minimum absolute atomic E-state index is 0.00459.